The fourth-order valence-corrected chi connectivity index (χ4v) is 7.65. The van der Waals surface area contributed by atoms with Crippen molar-refractivity contribution in [2.24, 2.45) is 0 Å². The van der Waals surface area contributed by atoms with Crippen molar-refractivity contribution >= 4 is 17.9 Å². The highest BCUT2D eigenvalue weighted by molar-refractivity contribution is 5.71. The summed E-state index contributed by atoms with van der Waals surface area (Å²) in [5.41, 5.74) is 0. The number of carbonyl (C=O) groups is 3. The number of unbranched alkanes of at least 4 members (excludes halogenated alkanes) is 17. The molecule has 0 heterocycles. The summed E-state index contributed by atoms with van der Waals surface area (Å²) in [6, 6.07) is 0. The van der Waals surface area contributed by atoms with E-state index in [9.17, 15) is 14.4 Å². The zero-order valence-corrected chi connectivity index (χ0v) is 47.5. The van der Waals surface area contributed by atoms with Gasteiger partial charge in [0.15, 0.2) is 6.10 Å². The molecule has 0 fully saturated rings. The van der Waals surface area contributed by atoms with Gasteiger partial charge in [-0.1, -0.05) is 237 Å². The normalized spacial score (nSPS) is 13.2. The van der Waals surface area contributed by atoms with E-state index in [4.69, 9.17) is 14.2 Å². The molecule has 6 heteroatoms. The molecule has 0 rings (SSSR count). The molecule has 0 radical (unpaired) electrons. The van der Waals surface area contributed by atoms with Crippen molar-refractivity contribution in [3.05, 3.63) is 146 Å². The summed E-state index contributed by atoms with van der Waals surface area (Å²) in [6.45, 7) is 6.30. The molecule has 0 amide bonds. The highest BCUT2D eigenvalue weighted by Gasteiger charge is 2.19. The Morgan fingerprint density at radius 1 is 0.284 bits per heavy atom. The van der Waals surface area contributed by atoms with Gasteiger partial charge in [-0.05, 0) is 135 Å². The van der Waals surface area contributed by atoms with E-state index in [0.29, 0.717) is 19.3 Å². The van der Waals surface area contributed by atoms with Crippen LogP contribution in [-0.4, -0.2) is 37.2 Å². The summed E-state index contributed by atoms with van der Waals surface area (Å²) in [4.78, 5) is 38.1. The Bertz CT molecular complexity index is 1640. The maximum atomic E-state index is 12.8. The van der Waals surface area contributed by atoms with Crippen LogP contribution in [0.2, 0.25) is 0 Å². The Labute approximate surface area is 455 Å². The molecule has 74 heavy (non-hydrogen) atoms. The fraction of sp³-hybridized carbons (Fsp3) is 0.603. The SMILES string of the molecule is CC/C=C\C/C=C\C/C=C\C/C=C\C/C=C\C/C=C\C/C=C\C/C=C\CCCCCCCCC(=O)OCC(COC(=O)CCCCCCC/C=C\CCC)OC(=O)CCCCCCC/C=C\C/C=C\C/C=C\CC. The van der Waals surface area contributed by atoms with Crippen LogP contribution in [0.4, 0.5) is 0 Å². The van der Waals surface area contributed by atoms with Gasteiger partial charge in [0.2, 0.25) is 0 Å². The Morgan fingerprint density at radius 3 is 0.838 bits per heavy atom. The summed E-state index contributed by atoms with van der Waals surface area (Å²) >= 11 is 0. The molecule has 0 bridgehead atoms. The molecule has 0 saturated carbocycles. The van der Waals surface area contributed by atoms with Gasteiger partial charge in [0, 0.05) is 19.3 Å². The Kier molecular flexibility index (Phi) is 57.0. The Balaban J connectivity index is 4.30. The standard InChI is InChI=1S/C68H108O6/c1-4-7-10-13-16-19-22-24-26-27-28-29-30-31-32-33-34-35-36-37-38-39-40-41-43-44-46-49-52-55-58-61-67(70)73-64-65(63-72-66(69)60-57-54-51-48-21-18-15-12-9-6-3)74-68(71)62-59-56-53-50-47-45-42-25-23-20-17-14-11-8-5-2/h7-8,10-12,15-17,19-20,24-26,28-29,31-32,34-35,37-38,40-42,65H,4-6,9,13-14,18,21-23,27,30,33,36,39,43-64H2,1-3H3/b10-7-,11-8-,15-12-,19-16-,20-17-,26-24-,29-28-,32-31-,35-34-,38-37-,41-40-,42-25-. The largest absolute Gasteiger partial charge is 0.462 e. The van der Waals surface area contributed by atoms with E-state index >= 15 is 0 Å². The van der Waals surface area contributed by atoms with Gasteiger partial charge in [-0.2, -0.15) is 0 Å². The number of esters is 3. The number of allylic oxidation sites excluding steroid dienone is 24. The second kappa shape index (κ2) is 60.8. The van der Waals surface area contributed by atoms with Crippen LogP contribution in [0.3, 0.4) is 0 Å². The van der Waals surface area contributed by atoms with Crippen LogP contribution in [0, 0.1) is 0 Å². The number of ether oxygens (including phenoxy) is 3. The molecular weight excluding hydrogens is 913 g/mol. The summed E-state index contributed by atoms with van der Waals surface area (Å²) in [5, 5.41) is 0. The van der Waals surface area contributed by atoms with E-state index in [-0.39, 0.29) is 31.1 Å². The lowest BCUT2D eigenvalue weighted by Crippen LogP contribution is -2.30. The van der Waals surface area contributed by atoms with Crippen molar-refractivity contribution in [1.29, 1.82) is 0 Å². The smallest absolute Gasteiger partial charge is 0.306 e. The van der Waals surface area contributed by atoms with Gasteiger partial charge in [-0.3, -0.25) is 14.4 Å². The predicted molar refractivity (Wildman–Crippen MR) is 320 cm³/mol. The zero-order valence-electron chi connectivity index (χ0n) is 47.5. The average Bonchev–Trinajstić information content (AvgIpc) is 3.40. The zero-order chi connectivity index (χ0) is 53.6. The highest BCUT2D eigenvalue weighted by Crippen LogP contribution is 2.14. The summed E-state index contributed by atoms with van der Waals surface area (Å²) in [7, 11) is 0. The van der Waals surface area contributed by atoms with Crippen LogP contribution in [-0.2, 0) is 28.6 Å². The number of carbonyl (C=O) groups excluding carboxylic acids is 3. The lowest BCUT2D eigenvalue weighted by molar-refractivity contribution is -0.167. The van der Waals surface area contributed by atoms with E-state index in [0.717, 1.165) is 180 Å². The first kappa shape index (κ1) is 69.3. The van der Waals surface area contributed by atoms with Crippen molar-refractivity contribution in [1.82, 2.24) is 0 Å². The van der Waals surface area contributed by atoms with Gasteiger partial charge < -0.3 is 14.2 Å². The van der Waals surface area contributed by atoms with E-state index < -0.39 is 6.10 Å². The third-order valence-corrected chi connectivity index (χ3v) is 12.0. The van der Waals surface area contributed by atoms with Gasteiger partial charge in [0.1, 0.15) is 13.2 Å². The molecule has 1 atom stereocenters. The molecule has 0 spiro atoms. The van der Waals surface area contributed by atoms with Gasteiger partial charge in [0.25, 0.3) is 0 Å². The first-order valence-corrected chi connectivity index (χ1v) is 29.8. The molecule has 1 unspecified atom stereocenters. The van der Waals surface area contributed by atoms with Gasteiger partial charge in [0.05, 0.1) is 0 Å². The summed E-state index contributed by atoms with van der Waals surface area (Å²) < 4.78 is 16.8. The van der Waals surface area contributed by atoms with E-state index in [2.05, 4.69) is 167 Å². The molecule has 0 aliphatic heterocycles. The van der Waals surface area contributed by atoms with Gasteiger partial charge in [-0.25, -0.2) is 0 Å². The quantitative estimate of drug-likeness (QED) is 0.0261. The second-order valence-electron chi connectivity index (χ2n) is 19.1. The van der Waals surface area contributed by atoms with Crippen LogP contribution in [0.5, 0.6) is 0 Å². The van der Waals surface area contributed by atoms with Crippen molar-refractivity contribution in [3.8, 4) is 0 Å². The molecule has 0 aliphatic carbocycles. The second-order valence-corrected chi connectivity index (χ2v) is 19.1. The average molecular weight is 1020 g/mol. The monoisotopic (exact) mass is 1020 g/mol. The van der Waals surface area contributed by atoms with Crippen molar-refractivity contribution in [2.75, 3.05) is 13.2 Å². The molecule has 0 aromatic heterocycles. The van der Waals surface area contributed by atoms with Crippen LogP contribution in [0.25, 0.3) is 0 Å². The lowest BCUT2D eigenvalue weighted by atomic mass is 10.1. The number of hydrogen-bond acceptors (Lipinski definition) is 6. The molecule has 0 N–H and O–H groups in total. The van der Waals surface area contributed by atoms with Gasteiger partial charge >= 0.3 is 17.9 Å². The first-order chi connectivity index (χ1) is 36.5. The van der Waals surface area contributed by atoms with Crippen LogP contribution in [0.15, 0.2) is 146 Å². The Hall–Kier alpha value is -4.71. The number of hydrogen-bond donors (Lipinski definition) is 0. The minimum atomic E-state index is -0.802. The predicted octanol–water partition coefficient (Wildman–Crippen LogP) is 20.4. The minimum Gasteiger partial charge on any atom is -0.462 e. The van der Waals surface area contributed by atoms with E-state index in [1.54, 1.807) is 0 Å². The van der Waals surface area contributed by atoms with Crippen molar-refractivity contribution < 1.29 is 28.6 Å². The van der Waals surface area contributed by atoms with Crippen molar-refractivity contribution in [3.63, 3.8) is 0 Å². The van der Waals surface area contributed by atoms with Crippen LogP contribution < -0.4 is 0 Å². The van der Waals surface area contributed by atoms with E-state index in [1.165, 1.54) is 25.7 Å². The lowest BCUT2D eigenvalue weighted by Gasteiger charge is -2.18. The third-order valence-electron chi connectivity index (χ3n) is 12.0. The first-order valence-electron chi connectivity index (χ1n) is 29.8. The molecular formula is C68H108O6. The Morgan fingerprint density at radius 2 is 0.527 bits per heavy atom. The van der Waals surface area contributed by atoms with Crippen LogP contribution >= 0.6 is 0 Å². The third kappa shape index (κ3) is 58.2. The summed E-state index contributed by atoms with van der Waals surface area (Å²) in [5.74, 6) is -0.948. The van der Waals surface area contributed by atoms with Crippen molar-refractivity contribution in [2.45, 2.75) is 252 Å². The maximum absolute atomic E-state index is 12.8. The molecule has 416 valence electrons. The fourth-order valence-electron chi connectivity index (χ4n) is 7.65. The summed E-state index contributed by atoms with van der Waals surface area (Å²) in [6.07, 6.45) is 87.1. The molecule has 6 nitrogen and oxygen atoms in total. The molecule has 0 aromatic carbocycles. The minimum absolute atomic E-state index is 0.0991. The molecule has 0 aromatic rings. The maximum Gasteiger partial charge on any atom is 0.306 e. The number of rotatable bonds is 52. The highest BCUT2D eigenvalue weighted by atomic mass is 16.6. The molecule has 0 aliphatic rings. The van der Waals surface area contributed by atoms with Gasteiger partial charge in [-0.15, -0.1) is 0 Å². The van der Waals surface area contributed by atoms with Crippen LogP contribution in [0.1, 0.15) is 245 Å². The topological polar surface area (TPSA) is 78.9 Å². The molecule has 0 saturated heterocycles. The van der Waals surface area contributed by atoms with E-state index in [1.807, 2.05) is 0 Å².